The largest absolute Gasteiger partial charge is 0.0619 e. The fourth-order valence-electron chi connectivity index (χ4n) is 4.28. The standard InChI is InChI=1S/C12H14/c1-5-6(2)10-9-4-7-3-8(5)12(10)11(7)9/h4-6,8,10,12H,3H2,1-2H3/t5-,6?,8?,10?,12?/m1/s1. The van der Waals surface area contributed by atoms with Crippen molar-refractivity contribution in [3.8, 4) is 0 Å². The minimum absolute atomic E-state index is 0.969. The van der Waals surface area contributed by atoms with Crippen LogP contribution in [0, 0.1) is 29.6 Å². The third kappa shape index (κ3) is 0.361. The second-order valence-electron chi connectivity index (χ2n) is 5.18. The predicted octanol–water partition coefficient (Wildman–Crippen LogP) is 2.77. The van der Waals surface area contributed by atoms with E-state index in [0.29, 0.717) is 0 Å². The van der Waals surface area contributed by atoms with E-state index in [9.17, 15) is 0 Å². The van der Waals surface area contributed by atoms with Crippen LogP contribution in [0.25, 0.3) is 0 Å². The number of rotatable bonds is 0. The summed E-state index contributed by atoms with van der Waals surface area (Å²) in [6.07, 6.45) is 3.91. The highest BCUT2D eigenvalue weighted by molar-refractivity contribution is 5.67. The summed E-state index contributed by atoms with van der Waals surface area (Å²) in [6, 6.07) is 0. The molecule has 0 aromatic rings. The van der Waals surface area contributed by atoms with Gasteiger partial charge in [-0.25, -0.2) is 0 Å². The Balaban J connectivity index is 1.90. The lowest BCUT2D eigenvalue weighted by Gasteiger charge is -2.44. The average molecular weight is 158 g/mol. The van der Waals surface area contributed by atoms with E-state index in [2.05, 4.69) is 19.9 Å². The van der Waals surface area contributed by atoms with E-state index in [0.717, 1.165) is 29.6 Å². The zero-order chi connectivity index (χ0) is 8.03. The van der Waals surface area contributed by atoms with E-state index in [1.807, 2.05) is 5.57 Å². The van der Waals surface area contributed by atoms with Crippen LogP contribution < -0.4 is 0 Å². The molecule has 0 saturated heterocycles. The molecule has 0 nitrogen and oxygen atoms in total. The molecule has 4 aliphatic rings. The Bertz CT molecular complexity index is 345. The maximum Gasteiger partial charge on any atom is -0.00506 e. The highest BCUT2D eigenvalue weighted by Gasteiger charge is 2.62. The summed E-state index contributed by atoms with van der Waals surface area (Å²) in [6.45, 7) is 4.93. The molecule has 2 fully saturated rings. The Morgan fingerprint density at radius 2 is 2.00 bits per heavy atom. The molecule has 0 aromatic carbocycles. The van der Waals surface area contributed by atoms with E-state index >= 15 is 0 Å². The third-order valence-electron chi connectivity index (χ3n) is 5.05. The van der Waals surface area contributed by atoms with Crippen LogP contribution in [0.15, 0.2) is 22.8 Å². The summed E-state index contributed by atoms with van der Waals surface area (Å²) in [5, 5.41) is 0. The molecule has 12 heavy (non-hydrogen) atoms. The maximum absolute atomic E-state index is 2.48. The van der Waals surface area contributed by atoms with Crippen LogP contribution in [-0.2, 0) is 0 Å². The van der Waals surface area contributed by atoms with E-state index in [4.69, 9.17) is 0 Å². The number of allylic oxidation sites excluding steroid dienone is 4. The molecule has 4 unspecified atom stereocenters. The Morgan fingerprint density at radius 1 is 1.17 bits per heavy atom. The Labute approximate surface area is 73.4 Å². The molecule has 0 bridgehead atoms. The van der Waals surface area contributed by atoms with Crippen LogP contribution in [0.2, 0.25) is 0 Å². The molecule has 2 saturated carbocycles. The topological polar surface area (TPSA) is 0 Å². The van der Waals surface area contributed by atoms with Crippen molar-refractivity contribution in [3.05, 3.63) is 22.8 Å². The quantitative estimate of drug-likeness (QED) is 0.508. The molecule has 0 heteroatoms. The van der Waals surface area contributed by atoms with Gasteiger partial charge in [0.15, 0.2) is 0 Å². The van der Waals surface area contributed by atoms with E-state index in [-0.39, 0.29) is 0 Å². The molecule has 0 spiro atoms. The molecule has 62 valence electrons. The molecule has 0 amide bonds. The van der Waals surface area contributed by atoms with E-state index < -0.39 is 0 Å². The molecule has 0 aromatic heterocycles. The second kappa shape index (κ2) is 1.45. The van der Waals surface area contributed by atoms with Crippen LogP contribution in [0.3, 0.4) is 0 Å². The van der Waals surface area contributed by atoms with Crippen molar-refractivity contribution >= 4 is 0 Å². The lowest BCUT2D eigenvalue weighted by atomic mass is 9.60. The first-order valence-electron chi connectivity index (χ1n) is 5.24. The highest BCUT2D eigenvalue weighted by Crippen LogP contribution is 2.71. The zero-order valence-corrected chi connectivity index (χ0v) is 7.67. The summed E-state index contributed by atoms with van der Waals surface area (Å²) in [7, 11) is 0. The average Bonchev–Trinajstić information content (AvgIpc) is 2.25. The highest BCUT2D eigenvalue weighted by atomic mass is 14.7. The molecule has 4 aliphatic carbocycles. The molecular weight excluding hydrogens is 144 g/mol. The summed E-state index contributed by atoms with van der Waals surface area (Å²) in [5.74, 6) is 5.02. The van der Waals surface area contributed by atoms with Gasteiger partial charge in [0, 0.05) is 0 Å². The zero-order valence-electron chi connectivity index (χ0n) is 7.67. The SMILES string of the molecule is CC1C2C3=CC4=C3C2C(C4)[C@@H]1C. The van der Waals surface area contributed by atoms with Crippen LogP contribution in [0.4, 0.5) is 0 Å². The van der Waals surface area contributed by atoms with E-state index in [1.165, 1.54) is 6.42 Å². The van der Waals surface area contributed by atoms with Crippen molar-refractivity contribution in [2.45, 2.75) is 20.3 Å². The third-order valence-corrected chi connectivity index (χ3v) is 5.05. The Hall–Kier alpha value is -0.520. The van der Waals surface area contributed by atoms with Crippen molar-refractivity contribution < 1.29 is 0 Å². The molecular formula is C12H14. The van der Waals surface area contributed by atoms with Gasteiger partial charge in [-0.2, -0.15) is 0 Å². The van der Waals surface area contributed by atoms with Crippen LogP contribution in [0.1, 0.15) is 20.3 Å². The molecule has 0 aliphatic heterocycles. The molecule has 4 rings (SSSR count). The smallest absolute Gasteiger partial charge is 0.00506 e. The maximum atomic E-state index is 2.48. The lowest BCUT2D eigenvalue weighted by Crippen LogP contribution is -2.34. The van der Waals surface area contributed by atoms with Gasteiger partial charge in [0.05, 0.1) is 0 Å². The van der Waals surface area contributed by atoms with Gasteiger partial charge in [-0.15, -0.1) is 0 Å². The van der Waals surface area contributed by atoms with Crippen molar-refractivity contribution in [2.24, 2.45) is 29.6 Å². The summed E-state index contributed by atoms with van der Waals surface area (Å²) >= 11 is 0. The van der Waals surface area contributed by atoms with Crippen LogP contribution >= 0.6 is 0 Å². The van der Waals surface area contributed by atoms with Crippen LogP contribution in [0.5, 0.6) is 0 Å². The van der Waals surface area contributed by atoms with Gasteiger partial charge < -0.3 is 0 Å². The molecule has 0 heterocycles. The normalized spacial score (nSPS) is 57.8. The summed E-state index contributed by atoms with van der Waals surface area (Å²) in [5.41, 5.74) is 5.31. The molecule has 0 radical (unpaired) electrons. The predicted molar refractivity (Wildman–Crippen MR) is 48.5 cm³/mol. The first-order chi connectivity index (χ1) is 5.79. The van der Waals surface area contributed by atoms with Crippen LogP contribution in [-0.4, -0.2) is 0 Å². The fraction of sp³-hybridized carbons (Fsp3) is 0.667. The Kier molecular flexibility index (Phi) is 0.727. The number of hydrogen-bond donors (Lipinski definition) is 0. The molecule has 0 N–H and O–H groups in total. The monoisotopic (exact) mass is 158 g/mol. The van der Waals surface area contributed by atoms with Gasteiger partial charge in [0.25, 0.3) is 0 Å². The van der Waals surface area contributed by atoms with Gasteiger partial charge in [0.1, 0.15) is 0 Å². The van der Waals surface area contributed by atoms with Gasteiger partial charge in [-0.1, -0.05) is 19.9 Å². The van der Waals surface area contributed by atoms with Crippen molar-refractivity contribution in [2.75, 3.05) is 0 Å². The van der Waals surface area contributed by atoms with E-state index in [1.54, 1.807) is 11.1 Å². The minimum atomic E-state index is 0.969. The number of fused-ring (bicyclic) bond motifs is 1. The minimum Gasteiger partial charge on any atom is -0.0619 e. The summed E-state index contributed by atoms with van der Waals surface area (Å²) < 4.78 is 0. The van der Waals surface area contributed by atoms with Gasteiger partial charge >= 0.3 is 0 Å². The first-order valence-corrected chi connectivity index (χ1v) is 5.24. The summed E-state index contributed by atoms with van der Waals surface area (Å²) in [4.78, 5) is 0. The fourth-order valence-corrected chi connectivity index (χ4v) is 4.28. The first kappa shape index (κ1) is 6.01. The Morgan fingerprint density at radius 3 is 2.83 bits per heavy atom. The van der Waals surface area contributed by atoms with Gasteiger partial charge in [-0.3, -0.25) is 0 Å². The van der Waals surface area contributed by atoms with Gasteiger partial charge in [-0.05, 0) is 52.7 Å². The van der Waals surface area contributed by atoms with Crippen molar-refractivity contribution in [1.82, 2.24) is 0 Å². The lowest BCUT2D eigenvalue weighted by molar-refractivity contribution is 0.332. The number of hydrogen-bond acceptors (Lipinski definition) is 0. The second-order valence-corrected chi connectivity index (χ2v) is 5.18. The van der Waals surface area contributed by atoms with Gasteiger partial charge in [0.2, 0.25) is 0 Å². The van der Waals surface area contributed by atoms with Crippen molar-refractivity contribution in [3.63, 3.8) is 0 Å². The van der Waals surface area contributed by atoms with Crippen molar-refractivity contribution in [1.29, 1.82) is 0 Å². The molecule has 5 atom stereocenters.